The first-order chi connectivity index (χ1) is 9.43. The van der Waals surface area contributed by atoms with Crippen molar-refractivity contribution in [1.29, 1.82) is 0 Å². The van der Waals surface area contributed by atoms with Gasteiger partial charge in [-0.1, -0.05) is 23.2 Å². The van der Waals surface area contributed by atoms with Crippen molar-refractivity contribution in [2.45, 2.75) is 20.0 Å². The van der Waals surface area contributed by atoms with Crippen molar-refractivity contribution in [3.8, 4) is 0 Å². The summed E-state index contributed by atoms with van der Waals surface area (Å²) >= 11 is 11.8. The molecule has 1 unspecified atom stereocenters. The zero-order valence-corrected chi connectivity index (χ0v) is 12.9. The van der Waals surface area contributed by atoms with E-state index < -0.39 is 0 Å². The average Bonchev–Trinajstić information content (AvgIpc) is 2.38. The largest absolute Gasteiger partial charge is 0.397 e. The minimum absolute atomic E-state index is 0.105. The molecule has 20 heavy (non-hydrogen) atoms. The molecule has 0 bridgehead atoms. The summed E-state index contributed by atoms with van der Waals surface area (Å²) in [5.41, 5.74) is 6.39. The molecule has 7 heteroatoms. The van der Waals surface area contributed by atoms with Crippen LogP contribution in [0.5, 0.6) is 0 Å². The Kier molecular flexibility index (Phi) is 7.09. The summed E-state index contributed by atoms with van der Waals surface area (Å²) in [6.45, 7) is 4.66. The van der Waals surface area contributed by atoms with Gasteiger partial charge in [0.15, 0.2) is 0 Å². The predicted octanol–water partition coefficient (Wildman–Crippen LogP) is 2.96. The maximum atomic E-state index is 11.8. The molecule has 112 valence electrons. The Morgan fingerprint density at radius 2 is 2.15 bits per heavy atom. The van der Waals surface area contributed by atoms with Crippen LogP contribution in [-0.2, 0) is 14.3 Å². The number of anilines is 2. The molecule has 0 aromatic heterocycles. The van der Waals surface area contributed by atoms with Gasteiger partial charge in [-0.25, -0.2) is 0 Å². The highest BCUT2D eigenvalue weighted by atomic mass is 35.5. The van der Waals surface area contributed by atoms with Gasteiger partial charge in [-0.3, -0.25) is 4.79 Å². The molecular formula is C13H18Cl2N2O3. The number of halogens is 2. The second-order valence-corrected chi connectivity index (χ2v) is 5.02. The van der Waals surface area contributed by atoms with Gasteiger partial charge in [0.05, 0.1) is 29.1 Å². The molecule has 0 aliphatic heterocycles. The third-order valence-electron chi connectivity index (χ3n) is 2.41. The Hall–Kier alpha value is -1.01. The number of nitrogens with two attached hydrogens (primary N) is 1. The second kappa shape index (κ2) is 8.32. The van der Waals surface area contributed by atoms with Gasteiger partial charge >= 0.3 is 0 Å². The van der Waals surface area contributed by atoms with E-state index in [0.29, 0.717) is 29.6 Å². The SMILES string of the molecule is CCOCC(C)OCC(=O)Nc1c(N)cc(Cl)cc1Cl. The summed E-state index contributed by atoms with van der Waals surface area (Å²) in [7, 11) is 0. The standard InChI is InChI=1S/C13H18Cl2N2O3/c1-3-19-6-8(2)20-7-12(18)17-13-10(15)4-9(14)5-11(13)16/h4-5,8H,3,6-7,16H2,1-2H3,(H,17,18). The number of carbonyl (C=O) groups excluding carboxylic acids is 1. The maximum Gasteiger partial charge on any atom is 0.250 e. The quantitative estimate of drug-likeness (QED) is 0.757. The number of benzene rings is 1. The third-order valence-corrected chi connectivity index (χ3v) is 2.92. The molecule has 0 saturated carbocycles. The van der Waals surface area contributed by atoms with Crippen LogP contribution >= 0.6 is 23.2 Å². The van der Waals surface area contributed by atoms with E-state index in [1.54, 1.807) is 0 Å². The summed E-state index contributed by atoms with van der Waals surface area (Å²) in [5.74, 6) is -0.343. The Morgan fingerprint density at radius 1 is 1.45 bits per heavy atom. The van der Waals surface area contributed by atoms with E-state index in [2.05, 4.69) is 5.32 Å². The Bertz CT molecular complexity index is 446. The van der Waals surface area contributed by atoms with Gasteiger partial charge in [0.2, 0.25) is 5.91 Å². The number of amides is 1. The summed E-state index contributed by atoms with van der Waals surface area (Å²) in [4.78, 5) is 11.8. The number of hydrogen-bond acceptors (Lipinski definition) is 4. The topological polar surface area (TPSA) is 73.6 Å². The lowest BCUT2D eigenvalue weighted by Gasteiger charge is -2.14. The Morgan fingerprint density at radius 3 is 2.75 bits per heavy atom. The van der Waals surface area contributed by atoms with Crippen molar-refractivity contribution in [3.05, 3.63) is 22.2 Å². The van der Waals surface area contributed by atoms with Crippen molar-refractivity contribution < 1.29 is 14.3 Å². The molecule has 0 heterocycles. The van der Waals surface area contributed by atoms with E-state index in [1.807, 2.05) is 13.8 Å². The van der Waals surface area contributed by atoms with E-state index in [1.165, 1.54) is 12.1 Å². The first-order valence-electron chi connectivity index (χ1n) is 6.17. The molecule has 5 nitrogen and oxygen atoms in total. The van der Waals surface area contributed by atoms with Gasteiger partial charge in [0.1, 0.15) is 6.61 Å². The molecular weight excluding hydrogens is 303 g/mol. The highest BCUT2D eigenvalue weighted by Crippen LogP contribution is 2.31. The van der Waals surface area contributed by atoms with Crippen LogP contribution in [0.3, 0.4) is 0 Å². The predicted molar refractivity (Wildman–Crippen MR) is 81.4 cm³/mol. The molecule has 0 fully saturated rings. The molecule has 0 radical (unpaired) electrons. The highest BCUT2D eigenvalue weighted by molar-refractivity contribution is 6.37. The van der Waals surface area contributed by atoms with Gasteiger partial charge in [-0.2, -0.15) is 0 Å². The normalized spacial score (nSPS) is 12.2. The van der Waals surface area contributed by atoms with Crippen LogP contribution in [0.15, 0.2) is 12.1 Å². The van der Waals surface area contributed by atoms with E-state index in [9.17, 15) is 4.79 Å². The third kappa shape index (κ3) is 5.54. The van der Waals surface area contributed by atoms with Gasteiger partial charge in [-0.15, -0.1) is 0 Å². The van der Waals surface area contributed by atoms with Gasteiger partial charge in [-0.05, 0) is 26.0 Å². The molecule has 1 rings (SSSR count). The fourth-order valence-corrected chi connectivity index (χ4v) is 2.01. The van der Waals surface area contributed by atoms with Gasteiger partial charge < -0.3 is 20.5 Å². The van der Waals surface area contributed by atoms with Crippen molar-refractivity contribution in [2.75, 3.05) is 30.9 Å². The first kappa shape index (κ1) is 17.0. The summed E-state index contributed by atoms with van der Waals surface area (Å²) in [6, 6.07) is 3.02. The van der Waals surface area contributed by atoms with Crippen molar-refractivity contribution in [2.24, 2.45) is 0 Å². The smallest absolute Gasteiger partial charge is 0.250 e. The van der Waals surface area contributed by atoms with E-state index in [-0.39, 0.29) is 23.6 Å². The van der Waals surface area contributed by atoms with Crippen molar-refractivity contribution in [1.82, 2.24) is 0 Å². The van der Waals surface area contributed by atoms with Crippen LogP contribution < -0.4 is 11.1 Å². The van der Waals surface area contributed by atoms with E-state index >= 15 is 0 Å². The van der Waals surface area contributed by atoms with Gasteiger partial charge in [0.25, 0.3) is 0 Å². The molecule has 1 amide bonds. The van der Waals surface area contributed by atoms with Crippen LogP contribution in [0, 0.1) is 0 Å². The number of hydrogen-bond donors (Lipinski definition) is 2. The number of rotatable bonds is 7. The molecule has 0 aliphatic rings. The zero-order chi connectivity index (χ0) is 15.1. The average molecular weight is 321 g/mol. The molecule has 1 aromatic carbocycles. The highest BCUT2D eigenvalue weighted by Gasteiger charge is 2.12. The minimum Gasteiger partial charge on any atom is -0.397 e. The van der Waals surface area contributed by atoms with Crippen LogP contribution in [-0.4, -0.2) is 31.8 Å². The number of nitrogens with one attached hydrogen (secondary N) is 1. The lowest BCUT2D eigenvalue weighted by molar-refractivity contribution is -0.123. The molecule has 0 aliphatic carbocycles. The maximum absolute atomic E-state index is 11.8. The summed E-state index contributed by atoms with van der Waals surface area (Å²) in [5, 5.41) is 3.29. The van der Waals surface area contributed by atoms with Crippen LogP contribution in [0.2, 0.25) is 10.0 Å². The number of ether oxygens (including phenoxy) is 2. The Balaban J connectivity index is 2.51. The Labute approximate surface area is 128 Å². The van der Waals surface area contributed by atoms with E-state index in [4.69, 9.17) is 38.4 Å². The zero-order valence-electron chi connectivity index (χ0n) is 11.4. The molecule has 0 spiro atoms. The molecule has 1 aromatic rings. The molecule has 0 saturated heterocycles. The lowest BCUT2D eigenvalue weighted by Crippen LogP contribution is -2.25. The van der Waals surface area contributed by atoms with Crippen molar-refractivity contribution >= 4 is 40.5 Å². The second-order valence-electron chi connectivity index (χ2n) is 4.18. The number of carbonyl (C=O) groups is 1. The molecule has 1 atom stereocenters. The van der Waals surface area contributed by atoms with Crippen LogP contribution in [0.1, 0.15) is 13.8 Å². The van der Waals surface area contributed by atoms with Crippen LogP contribution in [0.4, 0.5) is 11.4 Å². The van der Waals surface area contributed by atoms with Crippen LogP contribution in [0.25, 0.3) is 0 Å². The van der Waals surface area contributed by atoms with E-state index in [0.717, 1.165) is 0 Å². The monoisotopic (exact) mass is 320 g/mol. The van der Waals surface area contributed by atoms with Crippen molar-refractivity contribution in [3.63, 3.8) is 0 Å². The molecule has 3 N–H and O–H groups in total. The summed E-state index contributed by atoms with van der Waals surface area (Å²) in [6.07, 6.45) is -0.168. The van der Waals surface area contributed by atoms with Gasteiger partial charge in [0, 0.05) is 11.6 Å². The summed E-state index contributed by atoms with van der Waals surface area (Å²) < 4.78 is 10.5. The number of nitrogen functional groups attached to an aromatic ring is 1. The first-order valence-corrected chi connectivity index (χ1v) is 6.93. The minimum atomic E-state index is -0.343. The fraction of sp³-hybridized carbons (Fsp3) is 0.462. The lowest BCUT2D eigenvalue weighted by atomic mass is 10.2. The fourth-order valence-electron chi connectivity index (χ4n) is 1.45.